The molecule has 8 heteroatoms. The van der Waals surface area contributed by atoms with Gasteiger partial charge in [-0.1, -0.05) is 6.07 Å². The number of aromatic carboxylic acids is 1. The van der Waals surface area contributed by atoms with Crippen LogP contribution in [0.4, 0.5) is 13.2 Å². The fourth-order valence-corrected chi connectivity index (χ4v) is 2.08. The second-order valence-electron chi connectivity index (χ2n) is 4.57. The highest BCUT2D eigenvalue weighted by molar-refractivity contribution is 6.01. The van der Waals surface area contributed by atoms with Gasteiger partial charge in [0.15, 0.2) is 0 Å². The number of rotatable bonds is 4. The van der Waals surface area contributed by atoms with Gasteiger partial charge in [0, 0.05) is 7.11 Å². The van der Waals surface area contributed by atoms with Crippen LogP contribution in [-0.2, 0) is 17.5 Å². The van der Waals surface area contributed by atoms with Crippen molar-refractivity contribution in [3.63, 3.8) is 0 Å². The maximum Gasteiger partial charge on any atom is 0.449 e. The van der Waals surface area contributed by atoms with Gasteiger partial charge in [0.1, 0.15) is 0 Å². The third-order valence-electron chi connectivity index (χ3n) is 3.09. The molecular formula is C13H13F3N2O3. The molecule has 2 aromatic rings. The lowest BCUT2D eigenvalue weighted by molar-refractivity contribution is -0.147. The first-order valence-electron chi connectivity index (χ1n) is 6.08. The van der Waals surface area contributed by atoms with Crippen molar-refractivity contribution >= 4 is 17.0 Å². The van der Waals surface area contributed by atoms with E-state index in [1.54, 1.807) is 6.92 Å². The van der Waals surface area contributed by atoms with E-state index in [4.69, 9.17) is 9.84 Å². The number of ether oxygens (including phenoxy) is 1. The van der Waals surface area contributed by atoms with Crippen LogP contribution in [0, 0.1) is 0 Å². The van der Waals surface area contributed by atoms with Crippen molar-refractivity contribution in [3.8, 4) is 0 Å². The molecule has 1 N–H and O–H groups in total. The van der Waals surface area contributed by atoms with E-state index in [-0.39, 0.29) is 23.1 Å². The molecule has 21 heavy (non-hydrogen) atoms. The fraction of sp³-hybridized carbons (Fsp3) is 0.385. The number of imidazole rings is 1. The van der Waals surface area contributed by atoms with Gasteiger partial charge in [-0.25, -0.2) is 9.78 Å². The predicted molar refractivity (Wildman–Crippen MR) is 68.2 cm³/mol. The van der Waals surface area contributed by atoms with Crippen LogP contribution in [-0.4, -0.2) is 33.8 Å². The molecule has 1 atom stereocenters. The van der Waals surface area contributed by atoms with Gasteiger partial charge < -0.3 is 14.4 Å². The minimum atomic E-state index is -4.68. The van der Waals surface area contributed by atoms with E-state index in [1.807, 2.05) is 0 Å². The summed E-state index contributed by atoms with van der Waals surface area (Å²) in [6, 6.07) is 3.97. The average molecular weight is 302 g/mol. The Bertz CT molecular complexity index is 679. The molecule has 5 nitrogen and oxygen atoms in total. The summed E-state index contributed by atoms with van der Waals surface area (Å²) in [6.07, 6.45) is -5.20. The minimum Gasteiger partial charge on any atom is -0.478 e. The van der Waals surface area contributed by atoms with Gasteiger partial charge in [0.2, 0.25) is 5.82 Å². The molecule has 1 heterocycles. The van der Waals surface area contributed by atoms with Crippen molar-refractivity contribution in [2.24, 2.45) is 0 Å². The van der Waals surface area contributed by atoms with Crippen LogP contribution in [0.5, 0.6) is 0 Å². The maximum atomic E-state index is 13.1. The Morgan fingerprint density at radius 3 is 2.67 bits per heavy atom. The van der Waals surface area contributed by atoms with E-state index >= 15 is 0 Å². The van der Waals surface area contributed by atoms with Gasteiger partial charge >= 0.3 is 12.1 Å². The summed E-state index contributed by atoms with van der Waals surface area (Å²) in [6.45, 7) is 1.45. The fourth-order valence-electron chi connectivity index (χ4n) is 2.08. The molecule has 1 unspecified atom stereocenters. The SMILES string of the molecule is COC(C)Cn1c(C(F)(F)F)nc2cccc(C(=O)O)c21. The largest absolute Gasteiger partial charge is 0.478 e. The Morgan fingerprint density at radius 1 is 1.48 bits per heavy atom. The normalized spacial score (nSPS) is 13.6. The van der Waals surface area contributed by atoms with Gasteiger partial charge in [-0.3, -0.25) is 0 Å². The van der Waals surface area contributed by atoms with Gasteiger partial charge in [-0.15, -0.1) is 0 Å². The first kappa shape index (κ1) is 15.3. The molecular weight excluding hydrogens is 289 g/mol. The molecule has 0 bridgehead atoms. The number of alkyl halides is 3. The highest BCUT2D eigenvalue weighted by Gasteiger charge is 2.38. The number of carboxylic acid groups (broad SMARTS) is 1. The van der Waals surface area contributed by atoms with E-state index in [9.17, 15) is 18.0 Å². The Labute approximate surface area is 118 Å². The molecule has 0 aliphatic heterocycles. The average Bonchev–Trinajstić information content (AvgIpc) is 2.77. The molecule has 0 aliphatic carbocycles. The van der Waals surface area contributed by atoms with Crippen LogP contribution >= 0.6 is 0 Å². The summed E-state index contributed by atoms with van der Waals surface area (Å²) in [5.41, 5.74) is -0.287. The third-order valence-corrected chi connectivity index (χ3v) is 3.09. The quantitative estimate of drug-likeness (QED) is 0.943. The van der Waals surface area contributed by atoms with E-state index in [1.165, 1.54) is 25.3 Å². The molecule has 1 aromatic heterocycles. The first-order valence-corrected chi connectivity index (χ1v) is 6.08. The number of aromatic nitrogens is 2. The number of hydrogen-bond acceptors (Lipinski definition) is 3. The molecule has 1 aromatic carbocycles. The van der Waals surface area contributed by atoms with Crippen molar-refractivity contribution in [1.29, 1.82) is 0 Å². The van der Waals surface area contributed by atoms with Crippen LogP contribution in [0.1, 0.15) is 23.1 Å². The molecule has 2 rings (SSSR count). The summed E-state index contributed by atoms with van der Waals surface area (Å²) in [4.78, 5) is 14.8. The number of carbonyl (C=O) groups is 1. The zero-order valence-electron chi connectivity index (χ0n) is 11.3. The molecule has 0 spiro atoms. The highest BCUT2D eigenvalue weighted by atomic mass is 19.4. The summed E-state index contributed by atoms with van der Waals surface area (Å²) >= 11 is 0. The molecule has 0 amide bonds. The second kappa shape index (κ2) is 5.36. The van der Waals surface area contributed by atoms with Gasteiger partial charge in [0.25, 0.3) is 0 Å². The van der Waals surface area contributed by atoms with Crippen LogP contribution in [0.25, 0.3) is 11.0 Å². The van der Waals surface area contributed by atoms with Crippen molar-refractivity contribution in [3.05, 3.63) is 29.6 Å². The van der Waals surface area contributed by atoms with Gasteiger partial charge in [0.05, 0.1) is 29.2 Å². The highest BCUT2D eigenvalue weighted by Crippen LogP contribution is 2.33. The van der Waals surface area contributed by atoms with Gasteiger partial charge in [-0.2, -0.15) is 13.2 Å². The number of benzene rings is 1. The van der Waals surface area contributed by atoms with Crippen LogP contribution < -0.4 is 0 Å². The number of para-hydroxylation sites is 1. The van der Waals surface area contributed by atoms with Crippen molar-refractivity contribution in [2.75, 3.05) is 7.11 Å². The molecule has 0 saturated carbocycles. The summed E-state index contributed by atoms with van der Waals surface area (Å²) < 4.78 is 45.1. The zero-order chi connectivity index (χ0) is 15.8. The lowest BCUT2D eigenvalue weighted by atomic mass is 10.2. The van der Waals surface area contributed by atoms with Crippen molar-refractivity contribution in [1.82, 2.24) is 9.55 Å². The number of hydrogen-bond donors (Lipinski definition) is 1. The molecule has 0 radical (unpaired) electrons. The number of carboxylic acids is 1. The number of fused-ring (bicyclic) bond motifs is 1. The van der Waals surface area contributed by atoms with E-state index in [0.29, 0.717) is 0 Å². The summed E-state index contributed by atoms with van der Waals surface area (Å²) in [5.74, 6) is -2.43. The molecule has 0 aliphatic rings. The van der Waals surface area contributed by atoms with E-state index in [2.05, 4.69) is 4.98 Å². The zero-order valence-corrected chi connectivity index (χ0v) is 11.3. The Morgan fingerprint density at radius 2 is 2.14 bits per heavy atom. The monoisotopic (exact) mass is 302 g/mol. The maximum absolute atomic E-state index is 13.1. The second-order valence-corrected chi connectivity index (χ2v) is 4.57. The standard InChI is InChI=1S/C13H13F3N2O3/c1-7(21-2)6-18-10-8(11(19)20)4-3-5-9(10)17-12(18)13(14,15)16/h3-5,7H,6H2,1-2H3,(H,19,20). The number of nitrogens with zero attached hydrogens (tertiary/aromatic N) is 2. The Hall–Kier alpha value is -2.09. The first-order chi connectivity index (χ1) is 9.75. The Balaban J connectivity index is 2.77. The summed E-state index contributed by atoms with van der Waals surface area (Å²) in [7, 11) is 1.37. The van der Waals surface area contributed by atoms with E-state index in [0.717, 1.165) is 4.57 Å². The third kappa shape index (κ3) is 2.85. The van der Waals surface area contributed by atoms with Crippen molar-refractivity contribution < 1.29 is 27.8 Å². The van der Waals surface area contributed by atoms with E-state index < -0.39 is 24.1 Å². The van der Waals surface area contributed by atoms with Crippen molar-refractivity contribution in [2.45, 2.75) is 25.7 Å². The van der Waals surface area contributed by atoms with Crippen LogP contribution in [0.3, 0.4) is 0 Å². The van der Waals surface area contributed by atoms with Crippen LogP contribution in [0.2, 0.25) is 0 Å². The van der Waals surface area contributed by atoms with Gasteiger partial charge in [-0.05, 0) is 19.1 Å². The lowest BCUT2D eigenvalue weighted by Gasteiger charge is -2.16. The lowest BCUT2D eigenvalue weighted by Crippen LogP contribution is -2.22. The minimum absolute atomic E-state index is 0.00877. The van der Waals surface area contributed by atoms with Crippen LogP contribution in [0.15, 0.2) is 18.2 Å². The molecule has 114 valence electrons. The topological polar surface area (TPSA) is 64.4 Å². The number of halogens is 3. The predicted octanol–water partition coefficient (Wildman–Crippen LogP) is 2.79. The summed E-state index contributed by atoms with van der Waals surface area (Å²) in [5, 5.41) is 9.16. The smallest absolute Gasteiger partial charge is 0.449 e. The molecule has 0 saturated heterocycles. The Kier molecular flexibility index (Phi) is 3.91. The molecule has 0 fully saturated rings. The number of methoxy groups -OCH3 is 1.